The highest BCUT2D eigenvalue weighted by Crippen LogP contribution is 2.27. The smallest absolute Gasteiger partial charge is 0.333 e. The van der Waals surface area contributed by atoms with Gasteiger partial charge in [0.2, 0.25) is 0 Å². The largest absolute Gasteiger partial charge is 0.443 e. The lowest BCUT2D eigenvalue weighted by atomic mass is 10.1. The van der Waals surface area contributed by atoms with Crippen LogP contribution >= 0.6 is 34.5 Å². The van der Waals surface area contributed by atoms with Gasteiger partial charge in [0.1, 0.15) is 9.73 Å². The van der Waals surface area contributed by atoms with Gasteiger partial charge in [-0.15, -0.1) is 11.3 Å². The normalized spacial score (nSPS) is 11.7. The molecule has 2 aromatic carbocycles. The number of nitrogens with one attached hydrogen (secondary N) is 2. The molecule has 0 fully saturated rings. The van der Waals surface area contributed by atoms with E-state index in [0.29, 0.717) is 27.6 Å². The summed E-state index contributed by atoms with van der Waals surface area (Å²) in [4.78, 5) is 29.4. The minimum Gasteiger partial charge on any atom is -0.443 e. The molecule has 0 unspecified atom stereocenters. The van der Waals surface area contributed by atoms with Gasteiger partial charge in [0.25, 0.3) is 15.6 Å². The van der Waals surface area contributed by atoms with Crippen LogP contribution in [-0.2, 0) is 10.0 Å². The van der Waals surface area contributed by atoms with Gasteiger partial charge in [0.15, 0.2) is 12.0 Å². The fraction of sp³-hybridized carbons (Fsp3) is 0. The van der Waals surface area contributed by atoms with E-state index in [0.717, 1.165) is 11.3 Å². The number of anilines is 1. The molecule has 5 rings (SSSR count). The molecule has 0 atom stereocenters. The molecule has 0 bridgehead atoms. The number of pyridine rings is 1. The number of sulfonamides is 1. The molecule has 3 heterocycles. The summed E-state index contributed by atoms with van der Waals surface area (Å²) in [5, 5.41) is 3.68. The number of oxazole rings is 1. The summed E-state index contributed by atoms with van der Waals surface area (Å²) in [7, 11) is -4.08. The van der Waals surface area contributed by atoms with Crippen molar-refractivity contribution in [1.29, 1.82) is 0 Å². The highest BCUT2D eigenvalue weighted by Gasteiger charge is 2.20. The Morgan fingerprint density at radius 1 is 1.09 bits per heavy atom. The molecule has 34 heavy (non-hydrogen) atoms. The van der Waals surface area contributed by atoms with Crippen LogP contribution in [0.25, 0.3) is 27.6 Å². The number of aromatic nitrogens is 2. The lowest BCUT2D eigenvalue weighted by molar-refractivity contribution is 0.256. The molecule has 0 saturated heterocycles. The topological polar surface area (TPSA) is 123 Å². The zero-order valence-electron chi connectivity index (χ0n) is 16.8. The van der Waals surface area contributed by atoms with Gasteiger partial charge >= 0.3 is 6.03 Å². The van der Waals surface area contributed by atoms with Crippen molar-refractivity contribution in [2.45, 2.75) is 4.21 Å². The molecule has 2 N–H and O–H groups in total. The zero-order chi connectivity index (χ0) is 24.0. The number of carbonyl (C=O) groups is 1. The molecule has 5 aromatic rings. The summed E-state index contributed by atoms with van der Waals surface area (Å²) in [6, 6.07) is 11.3. The van der Waals surface area contributed by atoms with Crippen LogP contribution in [0.1, 0.15) is 0 Å². The van der Waals surface area contributed by atoms with Crippen molar-refractivity contribution in [3.05, 3.63) is 80.8 Å². The van der Waals surface area contributed by atoms with Crippen molar-refractivity contribution < 1.29 is 17.6 Å². The minimum atomic E-state index is -4.08. The summed E-state index contributed by atoms with van der Waals surface area (Å²) in [5.41, 5.74) is 1.40. The number of benzene rings is 2. The standard InChI is InChI=1S/C21H12Cl2N4O5S2/c22-14-8-12(25-21(29)26-34(30,31)19-4-3-18(23)33-19)1-2-16(14)27-6-5-11-7-15-17(32-10-24-15)9-13(11)20(27)28/h1-10H,(H2,25,26,29). The molecule has 172 valence electrons. The lowest BCUT2D eigenvalue weighted by Crippen LogP contribution is -2.33. The Labute approximate surface area is 205 Å². The van der Waals surface area contributed by atoms with E-state index in [4.69, 9.17) is 27.6 Å². The molecule has 3 aromatic heterocycles. The zero-order valence-corrected chi connectivity index (χ0v) is 19.9. The van der Waals surface area contributed by atoms with Crippen LogP contribution in [0.5, 0.6) is 0 Å². The Balaban J connectivity index is 1.41. The summed E-state index contributed by atoms with van der Waals surface area (Å²) >= 11 is 13.0. The van der Waals surface area contributed by atoms with Gasteiger partial charge in [-0.05, 0) is 53.9 Å². The van der Waals surface area contributed by atoms with E-state index in [9.17, 15) is 18.0 Å². The highest BCUT2D eigenvalue weighted by molar-refractivity contribution is 7.92. The highest BCUT2D eigenvalue weighted by atomic mass is 35.5. The van der Waals surface area contributed by atoms with E-state index in [1.165, 1.54) is 41.3 Å². The van der Waals surface area contributed by atoms with Crippen molar-refractivity contribution in [2.24, 2.45) is 0 Å². The van der Waals surface area contributed by atoms with Gasteiger partial charge in [-0.2, -0.15) is 0 Å². The summed E-state index contributed by atoms with van der Waals surface area (Å²) in [5.74, 6) is 0. The molecule has 0 saturated carbocycles. The average molecular weight is 535 g/mol. The summed E-state index contributed by atoms with van der Waals surface area (Å²) < 4.78 is 33.3. The first-order chi connectivity index (χ1) is 16.2. The first-order valence-corrected chi connectivity index (χ1v) is 12.5. The number of thiophene rings is 1. The Morgan fingerprint density at radius 2 is 1.91 bits per heavy atom. The van der Waals surface area contributed by atoms with E-state index in [-0.39, 0.29) is 24.8 Å². The van der Waals surface area contributed by atoms with Crippen LogP contribution in [0.2, 0.25) is 9.36 Å². The molecular weight excluding hydrogens is 523 g/mol. The molecule has 9 nitrogen and oxygen atoms in total. The van der Waals surface area contributed by atoms with Crippen molar-refractivity contribution in [3.8, 4) is 5.69 Å². The molecule has 13 heteroatoms. The molecule has 2 amide bonds. The van der Waals surface area contributed by atoms with Crippen molar-refractivity contribution in [3.63, 3.8) is 0 Å². The number of amides is 2. The van der Waals surface area contributed by atoms with Crippen LogP contribution in [0.4, 0.5) is 10.5 Å². The van der Waals surface area contributed by atoms with Gasteiger partial charge in [-0.1, -0.05) is 23.2 Å². The van der Waals surface area contributed by atoms with Gasteiger partial charge in [0, 0.05) is 11.9 Å². The van der Waals surface area contributed by atoms with Crippen molar-refractivity contribution in [2.75, 3.05) is 5.32 Å². The molecule has 0 aliphatic carbocycles. The van der Waals surface area contributed by atoms with E-state index >= 15 is 0 Å². The molecular formula is C21H12Cl2N4O5S2. The monoisotopic (exact) mass is 534 g/mol. The maximum atomic E-state index is 13.1. The van der Waals surface area contributed by atoms with E-state index in [1.807, 2.05) is 4.72 Å². The van der Waals surface area contributed by atoms with Crippen molar-refractivity contribution >= 4 is 78.2 Å². The van der Waals surface area contributed by atoms with Crippen LogP contribution < -0.4 is 15.6 Å². The third-order valence-electron chi connectivity index (χ3n) is 4.86. The van der Waals surface area contributed by atoms with E-state index in [1.54, 1.807) is 24.4 Å². The number of rotatable bonds is 4. The molecule has 0 spiro atoms. The Kier molecular flexibility index (Phi) is 5.56. The molecule has 0 aliphatic rings. The minimum absolute atomic E-state index is 0.0979. The van der Waals surface area contributed by atoms with E-state index in [2.05, 4.69) is 10.3 Å². The van der Waals surface area contributed by atoms with Crippen molar-refractivity contribution in [1.82, 2.24) is 14.3 Å². The number of fused-ring (bicyclic) bond motifs is 2. The first-order valence-electron chi connectivity index (χ1n) is 9.49. The van der Waals surface area contributed by atoms with Gasteiger partial charge < -0.3 is 9.73 Å². The number of halogens is 2. The Hall–Kier alpha value is -3.38. The Morgan fingerprint density at radius 3 is 2.65 bits per heavy atom. The van der Waals surface area contributed by atoms with Gasteiger partial charge in [0.05, 0.1) is 20.4 Å². The number of nitrogens with zero attached hydrogens (tertiary/aromatic N) is 2. The third kappa shape index (κ3) is 4.14. The van der Waals surface area contributed by atoms with Crippen LogP contribution in [0, 0.1) is 0 Å². The fourth-order valence-corrected chi connectivity index (χ4v) is 6.00. The number of urea groups is 1. The first kappa shape index (κ1) is 22.4. The SMILES string of the molecule is O=C(Nc1ccc(-n2ccc3cc4ncoc4cc3c2=O)c(Cl)c1)NS(=O)(=O)c1ccc(Cl)s1. The summed E-state index contributed by atoms with van der Waals surface area (Å²) in [6.45, 7) is 0. The fourth-order valence-electron chi connectivity index (χ4n) is 3.34. The maximum absolute atomic E-state index is 13.1. The molecule has 0 radical (unpaired) electrons. The second-order valence-electron chi connectivity index (χ2n) is 7.03. The number of hydrogen-bond acceptors (Lipinski definition) is 7. The number of hydrogen-bond donors (Lipinski definition) is 2. The van der Waals surface area contributed by atoms with Crippen LogP contribution in [-0.4, -0.2) is 24.0 Å². The summed E-state index contributed by atoms with van der Waals surface area (Å²) in [6.07, 6.45) is 2.89. The second kappa shape index (κ2) is 8.44. The average Bonchev–Trinajstić information content (AvgIpc) is 3.42. The predicted octanol–water partition coefficient (Wildman–Crippen LogP) is 5.01. The van der Waals surface area contributed by atoms with Crippen LogP contribution in [0.15, 0.2) is 74.5 Å². The quantitative estimate of drug-likeness (QED) is 0.334. The predicted molar refractivity (Wildman–Crippen MR) is 131 cm³/mol. The maximum Gasteiger partial charge on any atom is 0.333 e. The van der Waals surface area contributed by atoms with Gasteiger partial charge in [-0.3, -0.25) is 9.36 Å². The third-order valence-corrected chi connectivity index (χ3v) is 8.22. The second-order valence-corrected chi connectivity index (χ2v) is 11.1. The van der Waals surface area contributed by atoms with E-state index < -0.39 is 16.1 Å². The molecule has 0 aliphatic heterocycles. The Bertz CT molecular complexity index is 1760. The van der Waals surface area contributed by atoms with Crippen LogP contribution in [0.3, 0.4) is 0 Å². The number of carbonyl (C=O) groups excluding carboxylic acids is 1. The lowest BCUT2D eigenvalue weighted by Gasteiger charge is -2.12. The van der Waals surface area contributed by atoms with Gasteiger partial charge in [-0.25, -0.2) is 22.9 Å².